The number of nitrogens with zero attached hydrogens (tertiary/aromatic N) is 3. The molecule has 0 aromatic carbocycles. The van der Waals surface area contributed by atoms with Gasteiger partial charge in [-0.1, -0.05) is 0 Å². The second-order valence-electron chi connectivity index (χ2n) is 6.67. The number of pyridine rings is 1. The van der Waals surface area contributed by atoms with Gasteiger partial charge in [0.1, 0.15) is 23.4 Å². The van der Waals surface area contributed by atoms with Crippen LogP contribution in [0.1, 0.15) is 26.5 Å². The molecule has 7 nitrogen and oxygen atoms in total. The van der Waals surface area contributed by atoms with Crippen LogP contribution in [-0.4, -0.2) is 26.6 Å². The van der Waals surface area contributed by atoms with Crippen LogP contribution in [0.15, 0.2) is 53.7 Å². The Morgan fingerprint density at radius 2 is 1.85 bits per heavy atom. The summed E-state index contributed by atoms with van der Waals surface area (Å²) >= 11 is 0. The summed E-state index contributed by atoms with van der Waals surface area (Å²) in [5.74, 6) is 1.27. The summed E-state index contributed by atoms with van der Waals surface area (Å²) in [6.45, 7) is 5.68. The third-order valence-electron chi connectivity index (χ3n) is 3.43. The number of hydrogen-bond acceptors (Lipinski definition) is 6. The molecule has 0 atom stereocenters. The minimum absolute atomic E-state index is 0.235. The molecule has 0 unspecified atom stereocenters. The fraction of sp³-hybridized carbons (Fsp3) is 0.263. The maximum absolute atomic E-state index is 11.7. The first-order valence-electron chi connectivity index (χ1n) is 8.18. The minimum atomic E-state index is -0.541. The number of carbonyl (C=O) groups is 1. The number of ether oxygens (including phenoxy) is 1. The van der Waals surface area contributed by atoms with E-state index in [1.807, 2.05) is 39.0 Å². The zero-order valence-electron chi connectivity index (χ0n) is 14.9. The fourth-order valence-corrected chi connectivity index (χ4v) is 2.37. The van der Waals surface area contributed by atoms with E-state index in [1.54, 1.807) is 24.8 Å². The van der Waals surface area contributed by atoms with Gasteiger partial charge in [0.25, 0.3) is 0 Å². The van der Waals surface area contributed by atoms with Crippen molar-refractivity contribution in [3.63, 3.8) is 0 Å². The van der Waals surface area contributed by atoms with Gasteiger partial charge in [0.2, 0.25) is 0 Å². The zero-order valence-corrected chi connectivity index (χ0v) is 14.9. The molecule has 3 aromatic heterocycles. The first-order valence-corrected chi connectivity index (χ1v) is 8.18. The van der Waals surface area contributed by atoms with Crippen LogP contribution in [0, 0.1) is 0 Å². The lowest BCUT2D eigenvalue weighted by Crippen LogP contribution is -2.32. The van der Waals surface area contributed by atoms with E-state index >= 15 is 0 Å². The van der Waals surface area contributed by atoms with Crippen LogP contribution < -0.4 is 5.32 Å². The molecule has 7 heteroatoms. The molecule has 0 fully saturated rings. The van der Waals surface area contributed by atoms with Crippen LogP contribution in [0.25, 0.3) is 22.5 Å². The van der Waals surface area contributed by atoms with E-state index in [0.717, 1.165) is 16.7 Å². The van der Waals surface area contributed by atoms with Gasteiger partial charge in [-0.05, 0) is 44.5 Å². The van der Waals surface area contributed by atoms with Gasteiger partial charge in [-0.3, -0.25) is 4.98 Å². The molecule has 3 aromatic rings. The van der Waals surface area contributed by atoms with Gasteiger partial charge in [-0.25, -0.2) is 14.8 Å². The van der Waals surface area contributed by atoms with Crippen molar-refractivity contribution in [1.29, 1.82) is 0 Å². The summed E-state index contributed by atoms with van der Waals surface area (Å²) in [5, 5.41) is 2.68. The molecule has 3 heterocycles. The van der Waals surface area contributed by atoms with Crippen LogP contribution >= 0.6 is 0 Å². The number of alkyl carbamates (subject to hydrolysis) is 1. The van der Waals surface area contributed by atoms with Crippen molar-refractivity contribution in [2.45, 2.75) is 32.9 Å². The van der Waals surface area contributed by atoms with E-state index in [-0.39, 0.29) is 6.54 Å². The Labute approximate surface area is 151 Å². The Morgan fingerprint density at radius 3 is 2.58 bits per heavy atom. The van der Waals surface area contributed by atoms with Crippen LogP contribution in [-0.2, 0) is 11.3 Å². The molecular weight excluding hydrogens is 332 g/mol. The summed E-state index contributed by atoms with van der Waals surface area (Å²) in [6.07, 6.45) is 7.90. The first kappa shape index (κ1) is 17.6. The molecule has 0 bridgehead atoms. The lowest BCUT2D eigenvalue weighted by atomic mass is 10.0. The van der Waals surface area contributed by atoms with Crippen molar-refractivity contribution >= 4 is 6.09 Å². The largest absolute Gasteiger partial charge is 0.459 e. The molecule has 1 N–H and O–H groups in total. The van der Waals surface area contributed by atoms with Gasteiger partial charge in [0, 0.05) is 35.9 Å². The van der Waals surface area contributed by atoms with E-state index in [2.05, 4.69) is 20.3 Å². The van der Waals surface area contributed by atoms with Crippen LogP contribution in [0.3, 0.4) is 0 Å². The molecular formula is C19H20N4O3. The van der Waals surface area contributed by atoms with Crippen molar-refractivity contribution in [2.75, 3.05) is 0 Å². The second-order valence-corrected chi connectivity index (χ2v) is 6.67. The third-order valence-corrected chi connectivity index (χ3v) is 3.43. The molecule has 0 saturated heterocycles. The lowest BCUT2D eigenvalue weighted by molar-refractivity contribution is 0.0520. The maximum Gasteiger partial charge on any atom is 0.408 e. The average molecular weight is 352 g/mol. The normalized spacial score (nSPS) is 11.2. The third kappa shape index (κ3) is 4.44. The van der Waals surface area contributed by atoms with Gasteiger partial charge in [0.15, 0.2) is 0 Å². The van der Waals surface area contributed by atoms with Gasteiger partial charge in [-0.2, -0.15) is 0 Å². The quantitative estimate of drug-likeness (QED) is 0.767. The molecule has 134 valence electrons. The number of furan rings is 1. The molecule has 0 saturated carbocycles. The molecule has 1 amide bonds. The van der Waals surface area contributed by atoms with E-state index in [0.29, 0.717) is 11.5 Å². The highest BCUT2D eigenvalue weighted by Crippen LogP contribution is 2.31. The SMILES string of the molecule is CC(C)(C)OC(=O)NCc1ccc(-c2cnccc2-c2cncnc2)o1. The van der Waals surface area contributed by atoms with Crippen LogP contribution in [0.4, 0.5) is 4.79 Å². The van der Waals surface area contributed by atoms with Gasteiger partial charge >= 0.3 is 6.09 Å². The Kier molecular flexibility index (Phi) is 4.97. The number of aromatic nitrogens is 3. The molecule has 26 heavy (non-hydrogen) atoms. The standard InChI is InChI=1S/C19H20N4O3/c1-19(2,3)26-18(24)23-10-14-4-5-17(25-14)16-11-20-7-6-15(16)13-8-21-12-22-9-13/h4-9,11-12H,10H2,1-3H3,(H,23,24). The van der Waals surface area contributed by atoms with Gasteiger partial charge < -0.3 is 14.5 Å². The van der Waals surface area contributed by atoms with E-state index in [1.165, 1.54) is 6.33 Å². The number of rotatable bonds is 4. The Morgan fingerprint density at radius 1 is 1.08 bits per heavy atom. The number of hydrogen-bond donors (Lipinski definition) is 1. The molecule has 0 spiro atoms. The lowest BCUT2D eigenvalue weighted by Gasteiger charge is -2.19. The van der Waals surface area contributed by atoms with E-state index in [9.17, 15) is 4.79 Å². The average Bonchev–Trinajstić information content (AvgIpc) is 3.08. The summed E-state index contributed by atoms with van der Waals surface area (Å²) in [4.78, 5) is 24.0. The number of amides is 1. The van der Waals surface area contributed by atoms with Gasteiger partial charge in [-0.15, -0.1) is 0 Å². The highest BCUT2D eigenvalue weighted by Gasteiger charge is 2.17. The second kappa shape index (κ2) is 7.35. The Bertz CT molecular complexity index is 885. The molecule has 0 aliphatic carbocycles. The molecule has 0 aliphatic heterocycles. The fourth-order valence-electron chi connectivity index (χ4n) is 2.37. The highest BCUT2D eigenvalue weighted by atomic mass is 16.6. The molecule has 0 radical (unpaired) electrons. The van der Waals surface area contributed by atoms with Crippen molar-refractivity contribution in [2.24, 2.45) is 0 Å². The van der Waals surface area contributed by atoms with Crippen molar-refractivity contribution < 1.29 is 13.9 Å². The molecule has 0 aliphatic rings. The van der Waals surface area contributed by atoms with E-state index < -0.39 is 11.7 Å². The van der Waals surface area contributed by atoms with E-state index in [4.69, 9.17) is 9.15 Å². The monoisotopic (exact) mass is 352 g/mol. The Balaban J connectivity index is 1.76. The summed E-state index contributed by atoms with van der Waals surface area (Å²) in [7, 11) is 0. The number of nitrogens with one attached hydrogen (secondary N) is 1. The maximum atomic E-state index is 11.7. The van der Waals surface area contributed by atoms with Crippen molar-refractivity contribution in [1.82, 2.24) is 20.3 Å². The minimum Gasteiger partial charge on any atom is -0.459 e. The zero-order chi connectivity index (χ0) is 18.6. The summed E-state index contributed by atoms with van der Waals surface area (Å²) in [5.41, 5.74) is 2.07. The first-order chi connectivity index (χ1) is 12.4. The predicted molar refractivity (Wildman–Crippen MR) is 96.0 cm³/mol. The predicted octanol–water partition coefficient (Wildman–Crippen LogP) is 3.82. The van der Waals surface area contributed by atoms with Crippen molar-refractivity contribution in [3.05, 3.63) is 55.1 Å². The topological polar surface area (TPSA) is 90.1 Å². The van der Waals surface area contributed by atoms with Gasteiger partial charge in [0.05, 0.1) is 6.54 Å². The number of carbonyl (C=O) groups excluding carboxylic acids is 1. The smallest absolute Gasteiger partial charge is 0.408 e. The highest BCUT2D eigenvalue weighted by molar-refractivity contribution is 5.79. The Hall–Kier alpha value is -3.22. The van der Waals surface area contributed by atoms with Crippen LogP contribution in [0.5, 0.6) is 0 Å². The summed E-state index contributed by atoms with van der Waals surface area (Å²) < 4.78 is 11.1. The molecule has 3 rings (SSSR count). The van der Waals surface area contributed by atoms with Crippen molar-refractivity contribution in [3.8, 4) is 22.5 Å². The summed E-state index contributed by atoms with van der Waals surface area (Å²) in [6, 6.07) is 5.54. The van der Waals surface area contributed by atoms with Crippen LogP contribution in [0.2, 0.25) is 0 Å².